The van der Waals surface area contributed by atoms with Crippen LogP contribution in [0.5, 0.6) is 0 Å². The first-order valence-electron chi connectivity index (χ1n) is 7.96. The molecule has 0 unspecified atom stereocenters. The molecule has 7 heteroatoms. The maximum Gasteiger partial charge on any atom is 0.189 e. The molecular weight excluding hydrogens is 326 g/mol. The Bertz CT molecular complexity index is 637. The third-order valence-corrected chi connectivity index (χ3v) is 5.82. The molecule has 1 N–H and O–H groups in total. The van der Waals surface area contributed by atoms with E-state index >= 15 is 0 Å². The molecular formula is C16H23N5S2. The lowest BCUT2D eigenvalue weighted by molar-refractivity contribution is 0.379. The molecule has 23 heavy (non-hydrogen) atoms. The van der Waals surface area contributed by atoms with E-state index in [9.17, 15) is 0 Å². The normalized spacial score (nSPS) is 17.4. The first-order valence-corrected chi connectivity index (χ1v) is 10.1. The van der Waals surface area contributed by atoms with Gasteiger partial charge in [0.2, 0.25) is 0 Å². The number of aromatic nitrogens is 3. The molecule has 1 aliphatic rings. The quantitative estimate of drug-likeness (QED) is 0.660. The number of hydrogen-bond acceptors (Lipinski definition) is 7. The smallest absolute Gasteiger partial charge is 0.189 e. The van der Waals surface area contributed by atoms with Crippen molar-refractivity contribution in [1.82, 2.24) is 20.3 Å². The van der Waals surface area contributed by atoms with Crippen LogP contribution in [-0.4, -0.2) is 40.3 Å². The topological polar surface area (TPSA) is 53.9 Å². The third-order valence-electron chi connectivity index (χ3n) is 4.11. The van der Waals surface area contributed by atoms with Gasteiger partial charge in [-0.25, -0.2) is 15.0 Å². The van der Waals surface area contributed by atoms with Gasteiger partial charge in [-0.05, 0) is 39.0 Å². The second-order valence-electron chi connectivity index (χ2n) is 5.88. The molecule has 2 aromatic rings. The zero-order valence-electron chi connectivity index (χ0n) is 13.8. The second kappa shape index (κ2) is 7.59. The molecule has 1 aliphatic heterocycles. The van der Waals surface area contributed by atoms with Gasteiger partial charge in [-0.3, -0.25) is 0 Å². The molecule has 0 radical (unpaired) electrons. The van der Waals surface area contributed by atoms with Gasteiger partial charge in [0, 0.05) is 36.4 Å². The highest BCUT2D eigenvalue weighted by Crippen LogP contribution is 2.23. The van der Waals surface area contributed by atoms with Gasteiger partial charge < -0.3 is 10.2 Å². The molecule has 1 fully saturated rings. The summed E-state index contributed by atoms with van der Waals surface area (Å²) < 4.78 is 0. The van der Waals surface area contributed by atoms with Gasteiger partial charge in [-0.15, -0.1) is 11.3 Å². The highest BCUT2D eigenvalue weighted by Gasteiger charge is 2.22. The number of rotatable bonds is 5. The van der Waals surface area contributed by atoms with Crippen LogP contribution in [0.2, 0.25) is 0 Å². The lowest BCUT2D eigenvalue weighted by atomic mass is 10.0. The molecule has 0 amide bonds. The summed E-state index contributed by atoms with van der Waals surface area (Å²) in [6.45, 7) is 6.33. The average Bonchev–Trinajstić information content (AvgIpc) is 3.02. The van der Waals surface area contributed by atoms with E-state index in [1.54, 1.807) is 23.1 Å². The van der Waals surface area contributed by atoms with E-state index in [1.165, 1.54) is 5.01 Å². The first kappa shape index (κ1) is 16.7. The van der Waals surface area contributed by atoms with Gasteiger partial charge in [0.05, 0.1) is 6.04 Å². The third kappa shape index (κ3) is 4.22. The van der Waals surface area contributed by atoms with Crippen molar-refractivity contribution < 1.29 is 0 Å². The maximum absolute atomic E-state index is 4.60. The zero-order valence-corrected chi connectivity index (χ0v) is 15.5. The molecule has 124 valence electrons. The van der Waals surface area contributed by atoms with Crippen LogP contribution in [0.15, 0.2) is 22.8 Å². The minimum Gasteiger partial charge on any atom is -0.356 e. The summed E-state index contributed by atoms with van der Waals surface area (Å²) in [5.41, 5.74) is 1.11. The lowest BCUT2D eigenvalue weighted by Gasteiger charge is -2.34. The average molecular weight is 350 g/mol. The van der Waals surface area contributed by atoms with Crippen LogP contribution in [0.3, 0.4) is 0 Å². The number of thiazole rings is 1. The van der Waals surface area contributed by atoms with Crippen LogP contribution >= 0.6 is 23.1 Å². The summed E-state index contributed by atoms with van der Waals surface area (Å²) in [5.74, 6) is 1.05. The summed E-state index contributed by atoms with van der Waals surface area (Å²) in [5, 5.41) is 7.88. The number of anilines is 1. The second-order valence-corrected chi connectivity index (χ2v) is 7.54. The zero-order chi connectivity index (χ0) is 16.2. The number of piperidine rings is 1. The summed E-state index contributed by atoms with van der Waals surface area (Å²) in [6, 6.07) is 2.88. The van der Waals surface area contributed by atoms with E-state index in [4.69, 9.17) is 0 Å². The SMILES string of the molecule is CSc1nccc(N2CCC(N[C@H](C)c3nc(C)cs3)CC2)n1. The minimum absolute atomic E-state index is 0.326. The van der Waals surface area contributed by atoms with Crippen LogP contribution in [0.4, 0.5) is 5.82 Å². The van der Waals surface area contributed by atoms with E-state index in [1.807, 2.05) is 18.5 Å². The molecule has 0 aromatic carbocycles. The van der Waals surface area contributed by atoms with E-state index in [2.05, 4.69) is 44.4 Å². The van der Waals surface area contributed by atoms with Crippen LogP contribution in [-0.2, 0) is 0 Å². The predicted octanol–water partition coefficient (Wildman–Crippen LogP) is 3.28. The molecule has 2 aromatic heterocycles. The Morgan fingerprint density at radius 1 is 1.35 bits per heavy atom. The van der Waals surface area contributed by atoms with E-state index in [-0.39, 0.29) is 0 Å². The Balaban J connectivity index is 1.53. The van der Waals surface area contributed by atoms with Crippen LogP contribution in [0.25, 0.3) is 0 Å². The highest BCUT2D eigenvalue weighted by molar-refractivity contribution is 7.98. The number of nitrogens with one attached hydrogen (secondary N) is 1. The van der Waals surface area contributed by atoms with E-state index in [0.717, 1.165) is 42.6 Å². The van der Waals surface area contributed by atoms with Gasteiger partial charge in [-0.2, -0.15) is 0 Å². The first-order chi connectivity index (χ1) is 11.2. The lowest BCUT2D eigenvalue weighted by Crippen LogP contribution is -2.43. The molecule has 0 saturated carbocycles. The predicted molar refractivity (Wildman–Crippen MR) is 97.4 cm³/mol. The van der Waals surface area contributed by atoms with Crippen LogP contribution in [0.1, 0.15) is 36.5 Å². The van der Waals surface area contributed by atoms with Crippen molar-refractivity contribution in [3.63, 3.8) is 0 Å². The summed E-state index contributed by atoms with van der Waals surface area (Å²) >= 11 is 3.33. The van der Waals surface area contributed by atoms with Crippen molar-refractivity contribution >= 4 is 28.9 Å². The van der Waals surface area contributed by atoms with Crippen molar-refractivity contribution in [2.24, 2.45) is 0 Å². The number of aryl methyl sites for hydroxylation is 1. The summed E-state index contributed by atoms with van der Waals surface area (Å²) in [7, 11) is 0. The molecule has 1 atom stereocenters. The fourth-order valence-electron chi connectivity index (χ4n) is 2.88. The molecule has 3 heterocycles. The van der Waals surface area contributed by atoms with Crippen LogP contribution in [0, 0.1) is 6.92 Å². The van der Waals surface area contributed by atoms with Crippen molar-refractivity contribution in [3.05, 3.63) is 28.3 Å². The van der Waals surface area contributed by atoms with Gasteiger partial charge in [0.1, 0.15) is 10.8 Å². The van der Waals surface area contributed by atoms with E-state index in [0.29, 0.717) is 12.1 Å². The molecule has 0 aliphatic carbocycles. The fraction of sp³-hybridized carbons (Fsp3) is 0.562. The largest absolute Gasteiger partial charge is 0.356 e. The minimum atomic E-state index is 0.326. The Morgan fingerprint density at radius 2 is 2.13 bits per heavy atom. The maximum atomic E-state index is 4.60. The Hall–Kier alpha value is -1.18. The fourth-order valence-corrected chi connectivity index (χ4v) is 4.04. The van der Waals surface area contributed by atoms with Gasteiger partial charge in [0.15, 0.2) is 5.16 Å². The number of hydrogen-bond donors (Lipinski definition) is 1. The molecule has 1 saturated heterocycles. The van der Waals surface area contributed by atoms with Gasteiger partial charge in [-0.1, -0.05) is 11.8 Å². The van der Waals surface area contributed by atoms with Crippen molar-refractivity contribution in [2.75, 3.05) is 24.2 Å². The Labute approximate surface area is 145 Å². The molecule has 0 bridgehead atoms. The van der Waals surface area contributed by atoms with Gasteiger partial charge in [0.25, 0.3) is 0 Å². The van der Waals surface area contributed by atoms with Crippen molar-refractivity contribution in [3.8, 4) is 0 Å². The van der Waals surface area contributed by atoms with Crippen LogP contribution < -0.4 is 10.2 Å². The Morgan fingerprint density at radius 3 is 2.78 bits per heavy atom. The standard InChI is InChI=1S/C16H23N5S2/c1-11-10-23-15(18-11)12(2)19-13-5-8-21(9-6-13)14-4-7-17-16(20-14)22-3/h4,7,10,12-13,19H,5-6,8-9H2,1-3H3/t12-/m1/s1. The summed E-state index contributed by atoms with van der Waals surface area (Å²) in [6.07, 6.45) is 6.13. The molecule has 3 rings (SSSR count). The van der Waals surface area contributed by atoms with Crippen molar-refractivity contribution in [2.45, 2.75) is 43.9 Å². The molecule has 5 nitrogen and oxygen atoms in total. The number of nitrogens with zero attached hydrogens (tertiary/aromatic N) is 4. The van der Waals surface area contributed by atoms with Gasteiger partial charge >= 0.3 is 0 Å². The van der Waals surface area contributed by atoms with Crippen molar-refractivity contribution in [1.29, 1.82) is 0 Å². The monoisotopic (exact) mass is 349 g/mol. The van der Waals surface area contributed by atoms with E-state index < -0.39 is 0 Å². The molecule has 0 spiro atoms. The summed E-state index contributed by atoms with van der Waals surface area (Å²) in [4.78, 5) is 15.8. The Kier molecular flexibility index (Phi) is 5.50. The highest BCUT2D eigenvalue weighted by atomic mass is 32.2. The number of thioether (sulfide) groups is 1.